The summed E-state index contributed by atoms with van der Waals surface area (Å²) in [7, 11) is 0. The first-order valence-corrected chi connectivity index (χ1v) is 6.01. The Hall–Kier alpha value is -0.870. The first-order chi connectivity index (χ1) is 7.82. The van der Waals surface area contributed by atoms with Crippen LogP contribution in [0.25, 0.3) is 0 Å². The van der Waals surface area contributed by atoms with Gasteiger partial charge >= 0.3 is 5.97 Å². The van der Waals surface area contributed by atoms with Gasteiger partial charge in [-0.15, -0.1) is 0 Å². The van der Waals surface area contributed by atoms with Crippen molar-refractivity contribution in [2.24, 2.45) is 11.3 Å². The van der Waals surface area contributed by atoms with Crippen molar-refractivity contribution in [3.05, 3.63) is 12.2 Å². The van der Waals surface area contributed by atoms with Gasteiger partial charge in [0, 0.05) is 16.9 Å². The molecule has 2 N–H and O–H groups in total. The molecule has 0 aliphatic heterocycles. The third kappa shape index (κ3) is 2.69. The quantitative estimate of drug-likeness (QED) is 0.575. The smallest absolute Gasteiger partial charge is 0.333 e. The van der Waals surface area contributed by atoms with Crippen LogP contribution >= 0.6 is 0 Å². The standard InChI is InChI=1S/C13H22O4/c1-5-13(4)10(14)6-9(11(13)15)7-17-12(16)8(2)3/h9-11,14-15H,2,5-7H2,1,3-4H3. The Morgan fingerprint density at radius 1 is 1.53 bits per heavy atom. The number of ether oxygens (including phenoxy) is 1. The molecule has 0 saturated heterocycles. The van der Waals surface area contributed by atoms with Gasteiger partial charge in [-0.25, -0.2) is 4.79 Å². The van der Waals surface area contributed by atoms with Crippen LogP contribution in [0.5, 0.6) is 0 Å². The predicted molar refractivity (Wildman–Crippen MR) is 64.3 cm³/mol. The molecule has 1 aliphatic rings. The van der Waals surface area contributed by atoms with E-state index >= 15 is 0 Å². The van der Waals surface area contributed by atoms with Crippen LogP contribution in [0, 0.1) is 11.3 Å². The first-order valence-electron chi connectivity index (χ1n) is 6.01. The molecule has 0 bridgehead atoms. The molecule has 17 heavy (non-hydrogen) atoms. The lowest BCUT2D eigenvalue weighted by Crippen LogP contribution is -2.37. The van der Waals surface area contributed by atoms with E-state index in [1.807, 2.05) is 13.8 Å². The van der Waals surface area contributed by atoms with Crippen molar-refractivity contribution >= 4 is 5.97 Å². The van der Waals surface area contributed by atoms with Gasteiger partial charge in [0.25, 0.3) is 0 Å². The molecule has 1 saturated carbocycles. The molecule has 1 rings (SSSR count). The summed E-state index contributed by atoms with van der Waals surface area (Å²) >= 11 is 0. The molecule has 1 fully saturated rings. The number of rotatable bonds is 4. The molecular formula is C13H22O4. The van der Waals surface area contributed by atoms with E-state index in [1.165, 1.54) is 0 Å². The fourth-order valence-electron chi connectivity index (χ4n) is 2.33. The number of carbonyl (C=O) groups is 1. The van der Waals surface area contributed by atoms with Crippen LogP contribution < -0.4 is 0 Å². The number of aliphatic hydroxyl groups excluding tert-OH is 2. The molecule has 0 aromatic rings. The lowest BCUT2D eigenvalue weighted by molar-refractivity contribution is -0.141. The number of aliphatic hydroxyl groups is 2. The van der Waals surface area contributed by atoms with Gasteiger partial charge in [-0.05, 0) is 19.8 Å². The lowest BCUT2D eigenvalue weighted by atomic mass is 9.81. The summed E-state index contributed by atoms with van der Waals surface area (Å²) in [6.45, 7) is 9.02. The highest BCUT2D eigenvalue weighted by Crippen LogP contribution is 2.44. The van der Waals surface area contributed by atoms with Gasteiger partial charge in [-0.3, -0.25) is 0 Å². The second-order valence-corrected chi connectivity index (χ2v) is 5.19. The van der Waals surface area contributed by atoms with Crippen molar-refractivity contribution in [2.45, 2.75) is 45.8 Å². The molecule has 0 aromatic heterocycles. The van der Waals surface area contributed by atoms with Crippen LogP contribution in [0.3, 0.4) is 0 Å². The fraction of sp³-hybridized carbons (Fsp3) is 0.769. The number of hydrogen-bond acceptors (Lipinski definition) is 4. The van der Waals surface area contributed by atoms with Crippen LogP contribution in [-0.2, 0) is 9.53 Å². The van der Waals surface area contributed by atoms with Crippen LogP contribution in [0.15, 0.2) is 12.2 Å². The Labute approximate surface area is 102 Å². The number of hydrogen-bond donors (Lipinski definition) is 2. The maximum absolute atomic E-state index is 11.3. The zero-order valence-electron chi connectivity index (χ0n) is 10.8. The van der Waals surface area contributed by atoms with E-state index < -0.39 is 23.6 Å². The zero-order valence-corrected chi connectivity index (χ0v) is 10.8. The van der Waals surface area contributed by atoms with E-state index in [1.54, 1.807) is 6.92 Å². The van der Waals surface area contributed by atoms with Gasteiger partial charge in [0.1, 0.15) is 0 Å². The Morgan fingerprint density at radius 3 is 2.53 bits per heavy atom. The number of carbonyl (C=O) groups excluding carboxylic acids is 1. The Balaban J connectivity index is 2.58. The average Bonchev–Trinajstić information content (AvgIpc) is 2.51. The minimum atomic E-state index is -0.638. The summed E-state index contributed by atoms with van der Waals surface area (Å²) < 4.78 is 5.03. The van der Waals surface area contributed by atoms with E-state index in [0.29, 0.717) is 18.4 Å². The summed E-state index contributed by atoms with van der Waals surface area (Å²) in [5.74, 6) is -0.643. The van der Waals surface area contributed by atoms with Crippen LogP contribution in [0.1, 0.15) is 33.6 Å². The molecule has 0 heterocycles. The topological polar surface area (TPSA) is 66.8 Å². The Morgan fingerprint density at radius 2 is 2.12 bits per heavy atom. The highest BCUT2D eigenvalue weighted by atomic mass is 16.5. The van der Waals surface area contributed by atoms with Gasteiger partial charge in [-0.2, -0.15) is 0 Å². The maximum Gasteiger partial charge on any atom is 0.333 e. The monoisotopic (exact) mass is 242 g/mol. The highest BCUT2D eigenvalue weighted by Gasteiger charge is 2.50. The summed E-state index contributed by atoms with van der Waals surface area (Å²) in [6.07, 6.45) is -0.0219. The molecule has 0 amide bonds. The van der Waals surface area contributed by atoms with Gasteiger partial charge in [-0.1, -0.05) is 20.4 Å². The van der Waals surface area contributed by atoms with Crippen molar-refractivity contribution < 1.29 is 19.7 Å². The molecule has 0 radical (unpaired) electrons. The van der Waals surface area contributed by atoms with E-state index in [0.717, 1.165) is 0 Å². The van der Waals surface area contributed by atoms with Crippen LogP contribution in [0.2, 0.25) is 0 Å². The minimum Gasteiger partial charge on any atom is -0.462 e. The van der Waals surface area contributed by atoms with Crippen LogP contribution in [-0.4, -0.2) is 35.0 Å². The van der Waals surface area contributed by atoms with Crippen molar-refractivity contribution in [2.75, 3.05) is 6.61 Å². The average molecular weight is 242 g/mol. The van der Waals surface area contributed by atoms with E-state index in [4.69, 9.17) is 4.74 Å². The van der Waals surface area contributed by atoms with Gasteiger partial charge in [0.2, 0.25) is 0 Å². The lowest BCUT2D eigenvalue weighted by Gasteiger charge is -2.31. The Kier molecular flexibility index (Phi) is 4.33. The normalized spacial score (nSPS) is 36.9. The molecule has 4 atom stereocenters. The molecular weight excluding hydrogens is 220 g/mol. The molecule has 1 aliphatic carbocycles. The second-order valence-electron chi connectivity index (χ2n) is 5.19. The fourth-order valence-corrected chi connectivity index (χ4v) is 2.33. The molecule has 4 heteroatoms. The minimum absolute atomic E-state index is 0.138. The zero-order chi connectivity index (χ0) is 13.2. The Bertz CT molecular complexity index is 313. The summed E-state index contributed by atoms with van der Waals surface area (Å²) in [4.78, 5) is 11.3. The molecule has 98 valence electrons. The number of esters is 1. The first kappa shape index (κ1) is 14.2. The SMILES string of the molecule is C=C(C)C(=O)OCC1CC(O)C(C)(CC)C1O. The van der Waals surface area contributed by atoms with Crippen molar-refractivity contribution in [1.82, 2.24) is 0 Å². The van der Waals surface area contributed by atoms with E-state index in [9.17, 15) is 15.0 Å². The van der Waals surface area contributed by atoms with E-state index in [-0.39, 0.29) is 12.5 Å². The third-order valence-corrected chi connectivity index (χ3v) is 3.95. The molecule has 4 nitrogen and oxygen atoms in total. The predicted octanol–water partition coefficient (Wildman–Crippen LogP) is 1.26. The third-order valence-electron chi connectivity index (χ3n) is 3.95. The maximum atomic E-state index is 11.3. The largest absolute Gasteiger partial charge is 0.462 e. The van der Waals surface area contributed by atoms with E-state index in [2.05, 4.69) is 6.58 Å². The van der Waals surface area contributed by atoms with Gasteiger partial charge in [0.15, 0.2) is 0 Å². The van der Waals surface area contributed by atoms with Gasteiger partial charge in [0.05, 0.1) is 18.8 Å². The van der Waals surface area contributed by atoms with Gasteiger partial charge < -0.3 is 14.9 Å². The van der Waals surface area contributed by atoms with Crippen molar-refractivity contribution in [3.63, 3.8) is 0 Å². The van der Waals surface area contributed by atoms with Crippen molar-refractivity contribution in [1.29, 1.82) is 0 Å². The van der Waals surface area contributed by atoms with Crippen LogP contribution in [0.4, 0.5) is 0 Å². The molecule has 0 aromatic carbocycles. The van der Waals surface area contributed by atoms with Crippen molar-refractivity contribution in [3.8, 4) is 0 Å². The molecule has 0 spiro atoms. The summed E-state index contributed by atoms with van der Waals surface area (Å²) in [5.41, 5.74) is -0.156. The molecule has 4 unspecified atom stereocenters. The highest BCUT2D eigenvalue weighted by molar-refractivity contribution is 5.86. The summed E-state index contributed by atoms with van der Waals surface area (Å²) in [5, 5.41) is 20.1. The second kappa shape index (κ2) is 5.19. The summed E-state index contributed by atoms with van der Waals surface area (Å²) in [6, 6.07) is 0.